The van der Waals surface area contributed by atoms with Gasteiger partial charge in [0.05, 0.1) is 0 Å². The molecule has 0 spiro atoms. The molecule has 0 amide bonds. The predicted molar refractivity (Wildman–Crippen MR) is 136 cm³/mol. The summed E-state index contributed by atoms with van der Waals surface area (Å²) in [5.74, 6) is 0. The van der Waals surface area contributed by atoms with E-state index in [1.165, 1.54) is 21.2 Å². The van der Waals surface area contributed by atoms with Crippen LogP contribution in [0.15, 0.2) is 145 Å². The molecule has 0 radical (unpaired) electrons. The summed E-state index contributed by atoms with van der Waals surface area (Å²) in [4.78, 5) is 0. The van der Waals surface area contributed by atoms with Crippen molar-refractivity contribution in [2.75, 3.05) is 0 Å². The fraction of sp³-hybridized carbons (Fsp3) is 0. The topological polar surface area (TPSA) is 18.5 Å². The van der Waals surface area contributed by atoms with Gasteiger partial charge in [-0.1, -0.05) is 121 Å². The third-order valence-electron chi connectivity index (χ3n) is 5.06. The van der Waals surface area contributed by atoms with E-state index < -0.39 is 15.8 Å². The Balaban J connectivity index is 1.73. The first kappa shape index (κ1) is 20.7. The summed E-state index contributed by atoms with van der Waals surface area (Å²) >= 11 is 0. The highest BCUT2D eigenvalue weighted by atomic mass is 31.1. The van der Waals surface area contributed by atoms with E-state index in [9.17, 15) is 0 Å². The van der Waals surface area contributed by atoms with Crippen LogP contribution in [0.2, 0.25) is 0 Å². The minimum Gasteiger partial charge on any atom is -0.457 e. The average molecular weight is 452 g/mol. The van der Waals surface area contributed by atoms with Crippen LogP contribution in [0.25, 0.3) is 0 Å². The van der Waals surface area contributed by atoms with Gasteiger partial charge in [-0.2, -0.15) is 0 Å². The highest BCUT2D eigenvalue weighted by Gasteiger charge is 2.32. The second kappa shape index (κ2) is 9.96. The molecule has 0 saturated heterocycles. The van der Waals surface area contributed by atoms with E-state index in [1.807, 2.05) is 0 Å². The van der Waals surface area contributed by atoms with Gasteiger partial charge in [0.15, 0.2) is 11.0 Å². The van der Waals surface area contributed by atoms with Crippen molar-refractivity contribution in [2.24, 2.45) is 0 Å². The van der Waals surface area contributed by atoms with Crippen LogP contribution in [0.1, 0.15) is 0 Å². The van der Waals surface area contributed by atoms with E-state index in [1.54, 1.807) is 12.5 Å². The van der Waals surface area contributed by atoms with Gasteiger partial charge in [-0.05, 0) is 21.2 Å². The summed E-state index contributed by atoms with van der Waals surface area (Å²) in [5, 5.41) is 4.93. The minimum atomic E-state index is -0.924. The molecule has 1 aliphatic rings. The Bertz CT molecular complexity index is 1030. The molecule has 0 saturated carbocycles. The fourth-order valence-corrected chi connectivity index (χ4v) is 8.49. The molecule has 1 aliphatic heterocycles. The largest absolute Gasteiger partial charge is 0.457 e. The van der Waals surface area contributed by atoms with Gasteiger partial charge in [-0.3, -0.25) is 0 Å². The molecule has 0 N–H and O–H groups in total. The Morgan fingerprint density at radius 2 is 0.594 bits per heavy atom. The zero-order valence-electron chi connectivity index (χ0n) is 17.4. The van der Waals surface area contributed by atoms with Crippen molar-refractivity contribution in [2.45, 2.75) is 0 Å². The molecule has 0 bridgehead atoms. The van der Waals surface area contributed by atoms with Crippen LogP contribution in [0.4, 0.5) is 0 Å². The second-order valence-electron chi connectivity index (χ2n) is 7.13. The summed E-state index contributed by atoms with van der Waals surface area (Å²) in [5.41, 5.74) is 1.80. The van der Waals surface area contributed by atoms with E-state index in [2.05, 4.69) is 121 Å². The summed E-state index contributed by atoms with van der Waals surface area (Å²) in [6, 6.07) is 42.3. The van der Waals surface area contributed by atoms with E-state index >= 15 is 0 Å². The molecule has 1 heterocycles. The second-order valence-corrected chi connectivity index (χ2v) is 11.4. The van der Waals surface area contributed by atoms with Crippen LogP contribution in [0.5, 0.6) is 0 Å². The number of rotatable bonds is 6. The van der Waals surface area contributed by atoms with Gasteiger partial charge in [0, 0.05) is 15.8 Å². The van der Waals surface area contributed by atoms with Crippen LogP contribution in [-0.2, 0) is 9.47 Å². The minimum absolute atomic E-state index is 0.902. The standard InChI is InChI=1S/C28H22O2P2/c1-5-13-23(14-6-1)31(24-15-7-2-8-16-24)27-28(30-22-21-29-27)32(25-17-9-3-10-18-25)26-19-11-4-12-20-26/h1-22H. The maximum absolute atomic E-state index is 6.30. The number of hydrogen-bond donors (Lipinski definition) is 0. The highest BCUT2D eigenvalue weighted by Crippen LogP contribution is 2.55. The summed E-state index contributed by atoms with van der Waals surface area (Å²) < 4.78 is 12.6. The average Bonchev–Trinajstić information content (AvgIpc) is 2.88. The lowest BCUT2D eigenvalue weighted by Crippen LogP contribution is -2.19. The van der Waals surface area contributed by atoms with Gasteiger partial charge >= 0.3 is 0 Å². The normalized spacial score (nSPS) is 13.2. The van der Waals surface area contributed by atoms with Crippen molar-refractivity contribution in [3.63, 3.8) is 0 Å². The Hall–Kier alpha value is -3.18. The smallest absolute Gasteiger partial charge is 0.177 e. The fourth-order valence-electron chi connectivity index (χ4n) is 3.66. The zero-order chi connectivity index (χ0) is 21.6. The summed E-state index contributed by atoms with van der Waals surface area (Å²) in [6.07, 6.45) is 3.31. The van der Waals surface area contributed by atoms with Crippen molar-refractivity contribution in [3.05, 3.63) is 145 Å². The van der Waals surface area contributed by atoms with Gasteiger partial charge in [0.2, 0.25) is 0 Å². The predicted octanol–water partition coefficient (Wildman–Crippen LogP) is 5.90. The van der Waals surface area contributed by atoms with Gasteiger partial charge < -0.3 is 9.47 Å². The van der Waals surface area contributed by atoms with Crippen molar-refractivity contribution in [1.29, 1.82) is 0 Å². The van der Waals surface area contributed by atoms with Crippen molar-refractivity contribution in [3.8, 4) is 0 Å². The van der Waals surface area contributed by atoms with E-state index in [0.29, 0.717) is 0 Å². The Morgan fingerprint density at radius 3 is 0.844 bits per heavy atom. The lowest BCUT2D eigenvalue weighted by Gasteiger charge is -2.29. The first-order valence-electron chi connectivity index (χ1n) is 10.4. The molecular weight excluding hydrogens is 430 g/mol. The highest BCUT2D eigenvalue weighted by molar-refractivity contribution is 7.80. The summed E-state index contributed by atoms with van der Waals surface area (Å²) in [7, 11) is -1.85. The van der Waals surface area contributed by atoms with Crippen LogP contribution in [0.3, 0.4) is 0 Å². The lowest BCUT2D eigenvalue weighted by molar-refractivity contribution is 0.270. The van der Waals surface area contributed by atoms with Crippen LogP contribution in [0, 0.1) is 0 Å². The van der Waals surface area contributed by atoms with Crippen molar-refractivity contribution in [1.82, 2.24) is 0 Å². The zero-order valence-corrected chi connectivity index (χ0v) is 19.2. The van der Waals surface area contributed by atoms with Crippen LogP contribution >= 0.6 is 15.8 Å². The molecule has 0 unspecified atom stereocenters. The van der Waals surface area contributed by atoms with E-state index in [-0.39, 0.29) is 0 Å². The molecule has 0 atom stereocenters. The lowest BCUT2D eigenvalue weighted by atomic mass is 10.4. The number of hydrogen-bond acceptors (Lipinski definition) is 2. The molecule has 32 heavy (non-hydrogen) atoms. The van der Waals surface area contributed by atoms with E-state index in [0.717, 1.165) is 11.0 Å². The SMILES string of the molecule is C1=COC(P(c2ccccc2)c2ccccc2)=C(P(c2ccccc2)c2ccccc2)O1. The van der Waals surface area contributed by atoms with E-state index in [4.69, 9.17) is 9.47 Å². The van der Waals surface area contributed by atoms with Crippen LogP contribution < -0.4 is 21.2 Å². The van der Waals surface area contributed by atoms with Gasteiger partial charge in [0.1, 0.15) is 12.5 Å². The van der Waals surface area contributed by atoms with Crippen LogP contribution in [-0.4, -0.2) is 0 Å². The Labute approximate surface area is 191 Å². The molecule has 4 aromatic rings. The Morgan fingerprint density at radius 1 is 0.344 bits per heavy atom. The number of benzene rings is 4. The molecule has 0 fully saturated rings. The molecule has 5 rings (SSSR count). The quantitative estimate of drug-likeness (QED) is 0.340. The number of ether oxygens (including phenoxy) is 2. The van der Waals surface area contributed by atoms with Crippen molar-refractivity contribution < 1.29 is 9.47 Å². The third-order valence-corrected chi connectivity index (χ3v) is 9.93. The first-order valence-corrected chi connectivity index (χ1v) is 13.1. The maximum Gasteiger partial charge on any atom is 0.177 e. The summed E-state index contributed by atoms with van der Waals surface area (Å²) in [6.45, 7) is 0. The molecule has 4 heteroatoms. The monoisotopic (exact) mass is 452 g/mol. The van der Waals surface area contributed by atoms with Gasteiger partial charge in [-0.25, -0.2) is 0 Å². The first-order chi connectivity index (χ1) is 15.9. The molecule has 2 nitrogen and oxygen atoms in total. The Kier molecular flexibility index (Phi) is 6.45. The molecule has 4 aromatic carbocycles. The molecule has 156 valence electrons. The molecular formula is C28H22O2P2. The third kappa shape index (κ3) is 4.39. The maximum atomic E-state index is 6.30. The van der Waals surface area contributed by atoms with Gasteiger partial charge in [-0.15, -0.1) is 0 Å². The van der Waals surface area contributed by atoms with Gasteiger partial charge in [0.25, 0.3) is 0 Å². The molecule has 0 aromatic heterocycles. The van der Waals surface area contributed by atoms with Crippen molar-refractivity contribution >= 4 is 37.1 Å². The molecule has 0 aliphatic carbocycles.